The molecule has 0 radical (unpaired) electrons. The molecule has 5 heteroatoms. The first-order chi connectivity index (χ1) is 15.0. The van der Waals surface area contributed by atoms with Crippen molar-refractivity contribution < 1.29 is 19.5 Å². The summed E-state index contributed by atoms with van der Waals surface area (Å²) in [5.41, 5.74) is 3.89. The summed E-state index contributed by atoms with van der Waals surface area (Å²) in [5, 5.41) is 10.3. The van der Waals surface area contributed by atoms with Gasteiger partial charge in [-0.2, -0.15) is 0 Å². The molecular weight excluding hydrogens is 412 g/mol. The number of unbranched alkanes of at least 4 members (excludes halogenated alkanes) is 1. The summed E-state index contributed by atoms with van der Waals surface area (Å²) in [5.74, 6) is -1.76. The monoisotopic (exact) mass is 434 g/mol. The van der Waals surface area contributed by atoms with Gasteiger partial charge in [0, 0.05) is 23.4 Å². The van der Waals surface area contributed by atoms with Crippen molar-refractivity contribution in [3.63, 3.8) is 0 Å². The van der Waals surface area contributed by atoms with E-state index in [1.54, 1.807) is 36.4 Å². The Bertz CT molecular complexity index is 1060. The van der Waals surface area contributed by atoms with Crippen molar-refractivity contribution in [2.45, 2.75) is 31.6 Å². The number of benzene rings is 3. The van der Waals surface area contributed by atoms with E-state index in [-0.39, 0.29) is 12.2 Å². The molecule has 3 rings (SSSR count). The molecule has 0 heterocycles. The number of rotatable bonds is 10. The molecule has 0 aliphatic rings. The minimum atomic E-state index is -0.946. The summed E-state index contributed by atoms with van der Waals surface area (Å²) >= 11 is 5.94. The second-order valence-electron chi connectivity index (χ2n) is 7.37. The number of hydrogen-bond donors (Lipinski definition) is 1. The maximum Gasteiger partial charge on any atom is 0.310 e. The highest BCUT2D eigenvalue weighted by molar-refractivity contribution is 6.30. The van der Waals surface area contributed by atoms with Crippen LogP contribution in [0.2, 0.25) is 5.02 Å². The van der Waals surface area contributed by atoms with Gasteiger partial charge in [-0.25, -0.2) is 0 Å². The Labute approximate surface area is 186 Å². The normalized spacial score (nSPS) is 11.6. The summed E-state index contributed by atoms with van der Waals surface area (Å²) in [4.78, 5) is 35.3. The fraction of sp³-hybridized carbons (Fsp3) is 0.192. The molecular formula is C26H23ClO4. The third kappa shape index (κ3) is 5.89. The highest BCUT2D eigenvalue weighted by atomic mass is 35.5. The molecule has 0 saturated heterocycles. The topological polar surface area (TPSA) is 71.4 Å². The number of carbonyl (C=O) groups is 3. The third-order valence-corrected chi connectivity index (χ3v) is 5.53. The number of hydrogen-bond acceptors (Lipinski definition) is 3. The summed E-state index contributed by atoms with van der Waals surface area (Å²) < 4.78 is 0. The Balaban J connectivity index is 1.78. The predicted octanol–water partition coefficient (Wildman–Crippen LogP) is 5.97. The first kappa shape index (κ1) is 22.4. The lowest BCUT2D eigenvalue weighted by atomic mass is 9.87. The zero-order chi connectivity index (χ0) is 22.2. The highest BCUT2D eigenvalue weighted by Gasteiger charge is 2.23. The van der Waals surface area contributed by atoms with Crippen molar-refractivity contribution in [2.75, 3.05) is 0 Å². The lowest BCUT2D eigenvalue weighted by molar-refractivity contribution is -0.139. The van der Waals surface area contributed by atoms with E-state index in [1.165, 1.54) is 0 Å². The van der Waals surface area contributed by atoms with Gasteiger partial charge in [-0.15, -0.1) is 0 Å². The van der Waals surface area contributed by atoms with Gasteiger partial charge in [0.05, 0.1) is 5.92 Å². The van der Waals surface area contributed by atoms with Crippen LogP contribution in [0.15, 0.2) is 72.8 Å². The third-order valence-electron chi connectivity index (χ3n) is 5.28. The SMILES string of the molecule is O=CCCCC(C(=O)O)c1ccccc1CC(=O)c1ccc(-c2ccc(Cl)cc2)cc1. The maximum atomic E-state index is 12.9. The molecule has 0 saturated carbocycles. The summed E-state index contributed by atoms with van der Waals surface area (Å²) in [6, 6.07) is 22.0. The number of ketones is 1. The van der Waals surface area contributed by atoms with Gasteiger partial charge in [-0.3, -0.25) is 9.59 Å². The number of carboxylic acids is 1. The van der Waals surface area contributed by atoms with Crippen LogP contribution in [0.4, 0.5) is 0 Å². The largest absolute Gasteiger partial charge is 0.481 e. The van der Waals surface area contributed by atoms with Crippen molar-refractivity contribution in [2.24, 2.45) is 0 Å². The van der Waals surface area contributed by atoms with Crippen LogP contribution in [0.3, 0.4) is 0 Å². The van der Waals surface area contributed by atoms with Gasteiger partial charge in [0.1, 0.15) is 6.29 Å². The molecule has 0 amide bonds. The van der Waals surface area contributed by atoms with E-state index < -0.39 is 11.9 Å². The molecule has 4 nitrogen and oxygen atoms in total. The molecule has 0 aliphatic carbocycles. The zero-order valence-electron chi connectivity index (χ0n) is 17.0. The average molecular weight is 435 g/mol. The fourth-order valence-corrected chi connectivity index (χ4v) is 3.74. The van der Waals surface area contributed by atoms with E-state index >= 15 is 0 Å². The Hall–Kier alpha value is -3.24. The van der Waals surface area contributed by atoms with Crippen molar-refractivity contribution in [1.29, 1.82) is 0 Å². The zero-order valence-corrected chi connectivity index (χ0v) is 17.7. The van der Waals surface area contributed by atoms with Gasteiger partial charge in [0.25, 0.3) is 0 Å². The van der Waals surface area contributed by atoms with E-state index in [1.807, 2.05) is 36.4 Å². The smallest absolute Gasteiger partial charge is 0.310 e. The van der Waals surface area contributed by atoms with Crippen LogP contribution in [-0.2, 0) is 16.0 Å². The molecule has 1 unspecified atom stereocenters. The second-order valence-corrected chi connectivity index (χ2v) is 7.81. The minimum Gasteiger partial charge on any atom is -0.481 e. The molecule has 0 aromatic heterocycles. The molecule has 1 atom stereocenters. The molecule has 0 spiro atoms. The Morgan fingerprint density at radius 3 is 2.13 bits per heavy atom. The van der Waals surface area contributed by atoms with Crippen molar-refractivity contribution in [1.82, 2.24) is 0 Å². The van der Waals surface area contributed by atoms with Gasteiger partial charge in [-0.05, 0) is 47.2 Å². The minimum absolute atomic E-state index is 0.0767. The van der Waals surface area contributed by atoms with Crippen LogP contribution < -0.4 is 0 Å². The Kier molecular flexibility index (Phi) is 7.74. The number of aldehydes is 1. The van der Waals surface area contributed by atoms with Gasteiger partial charge < -0.3 is 9.90 Å². The lowest BCUT2D eigenvalue weighted by Crippen LogP contribution is -2.15. The van der Waals surface area contributed by atoms with Gasteiger partial charge in [0.2, 0.25) is 0 Å². The van der Waals surface area contributed by atoms with E-state index in [0.717, 1.165) is 17.4 Å². The van der Waals surface area contributed by atoms with E-state index in [0.29, 0.717) is 41.0 Å². The van der Waals surface area contributed by atoms with Crippen LogP contribution >= 0.6 is 11.6 Å². The fourth-order valence-electron chi connectivity index (χ4n) is 3.62. The Morgan fingerprint density at radius 1 is 0.903 bits per heavy atom. The van der Waals surface area contributed by atoms with Crippen LogP contribution in [0, 0.1) is 0 Å². The molecule has 1 N–H and O–H groups in total. The van der Waals surface area contributed by atoms with Gasteiger partial charge in [0.15, 0.2) is 5.78 Å². The van der Waals surface area contributed by atoms with Crippen LogP contribution in [0.25, 0.3) is 11.1 Å². The second kappa shape index (κ2) is 10.7. The van der Waals surface area contributed by atoms with Crippen molar-refractivity contribution in [3.8, 4) is 11.1 Å². The molecule has 0 bridgehead atoms. The molecule has 158 valence electrons. The number of halogens is 1. The first-order valence-corrected chi connectivity index (χ1v) is 10.5. The van der Waals surface area contributed by atoms with Gasteiger partial charge in [-0.1, -0.05) is 72.3 Å². The van der Waals surface area contributed by atoms with Crippen LogP contribution in [-0.4, -0.2) is 23.1 Å². The first-order valence-electron chi connectivity index (χ1n) is 10.1. The van der Waals surface area contributed by atoms with E-state index in [4.69, 9.17) is 11.6 Å². The number of aliphatic carboxylic acids is 1. The molecule has 3 aromatic carbocycles. The summed E-state index contributed by atoms with van der Waals surface area (Å²) in [6.45, 7) is 0. The predicted molar refractivity (Wildman–Crippen MR) is 122 cm³/mol. The van der Waals surface area contributed by atoms with Gasteiger partial charge >= 0.3 is 5.97 Å². The molecule has 0 aliphatic heterocycles. The maximum absolute atomic E-state index is 12.9. The van der Waals surface area contributed by atoms with E-state index in [9.17, 15) is 19.5 Å². The van der Waals surface area contributed by atoms with Crippen LogP contribution in [0.1, 0.15) is 46.7 Å². The average Bonchev–Trinajstić information content (AvgIpc) is 2.78. The number of carbonyl (C=O) groups excluding carboxylic acids is 2. The number of Topliss-reactive ketones (excluding diaryl/α,β-unsaturated/α-hetero) is 1. The number of carboxylic acid groups (broad SMARTS) is 1. The summed E-state index contributed by atoms with van der Waals surface area (Å²) in [7, 11) is 0. The van der Waals surface area contributed by atoms with Crippen molar-refractivity contribution >= 4 is 29.6 Å². The Morgan fingerprint density at radius 2 is 1.52 bits per heavy atom. The molecule has 0 fully saturated rings. The highest BCUT2D eigenvalue weighted by Crippen LogP contribution is 2.27. The molecule has 31 heavy (non-hydrogen) atoms. The van der Waals surface area contributed by atoms with Crippen molar-refractivity contribution in [3.05, 3.63) is 94.5 Å². The van der Waals surface area contributed by atoms with E-state index in [2.05, 4.69) is 0 Å². The molecule has 3 aromatic rings. The summed E-state index contributed by atoms with van der Waals surface area (Å²) in [6.07, 6.45) is 2.09. The standard InChI is InChI=1S/C26H23ClO4/c27-22-14-12-19(13-15-22)18-8-10-20(11-9-18)25(29)17-21-5-1-2-6-23(21)24(26(30)31)7-3-4-16-28/h1-2,5-6,8-16,24H,3-4,7,17H2,(H,30,31). The quantitative estimate of drug-likeness (QED) is 0.242. The lowest BCUT2D eigenvalue weighted by Gasteiger charge is -2.16. The van der Waals surface area contributed by atoms with Crippen LogP contribution in [0.5, 0.6) is 0 Å².